The zero-order chi connectivity index (χ0) is 15.1. The molecular formula is C16H30N2O2. The van der Waals surface area contributed by atoms with Gasteiger partial charge in [-0.3, -0.25) is 4.79 Å². The topological polar surface area (TPSA) is 32.8 Å². The van der Waals surface area contributed by atoms with Crippen LogP contribution in [-0.2, 0) is 9.53 Å². The Morgan fingerprint density at radius 2 is 2.00 bits per heavy atom. The molecule has 0 aromatic rings. The Balaban J connectivity index is 2.03. The van der Waals surface area contributed by atoms with Gasteiger partial charge in [0.05, 0.1) is 11.5 Å². The smallest absolute Gasteiger partial charge is 0.171 e. The van der Waals surface area contributed by atoms with Gasteiger partial charge < -0.3 is 14.5 Å². The van der Waals surface area contributed by atoms with Gasteiger partial charge in [-0.1, -0.05) is 0 Å². The number of nitrogens with zero attached hydrogens (tertiary/aromatic N) is 2. The number of ether oxygens (including phenoxy) is 1. The largest absolute Gasteiger partial charge is 0.361 e. The molecule has 0 aliphatic carbocycles. The molecule has 2 atom stereocenters. The van der Waals surface area contributed by atoms with Gasteiger partial charge in [-0.15, -0.1) is 0 Å². The van der Waals surface area contributed by atoms with Crippen LogP contribution in [0.3, 0.4) is 0 Å². The van der Waals surface area contributed by atoms with Crippen LogP contribution >= 0.6 is 0 Å². The normalized spacial score (nSPS) is 33.9. The van der Waals surface area contributed by atoms with Gasteiger partial charge in [-0.25, -0.2) is 0 Å². The number of rotatable bonds is 3. The fourth-order valence-corrected chi connectivity index (χ4v) is 3.75. The number of likely N-dealkylation sites (N-methyl/N-ethyl adjacent to an activating group) is 2. The first-order valence-corrected chi connectivity index (χ1v) is 7.77. The number of hydrogen-bond donors (Lipinski definition) is 0. The van der Waals surface area contributed by atoms with Gasteiger partial charge in [0.25, 0.3) is 0 Å². The molecular weight excluding hydrogens is 252 g/mol. The molecule has 0 aromatic carbocycles. The summed E-state index contributed by atoms with van der Waals surface area (Å²) in [5, 5.41) is 0. The van der Waals surface area contributed by atoms with Gasteiger partial charge in [0.2, 0.25) is 0 Å². The fraction of sp³-hybridized carbons (Fsp3) is 0.938. The molecule has 20 heavy (non-hydrogen) atoms. The van der Waals surface area contributed by atoms with E-state index in [1.54, 1.807) is 0 Å². The SMILES string of the molecule is CN1CCCC(N(C)CC2C(=O)C(C)(C)OC2(C)C)C1. The maximum absolute atomic E-state index is 12.6. The lowest BCUT2D eigenvalue weighted by Gasteiger charge is -2.38. The summed E-state index contributed by atoms with van der Waals surface area (Å²) < 4.78 is 5.98. The Morgan fingerprint density at radius 1 is 1.35 bits per heavy atom. The summed E-state index contributed by atoms with van der Waals surface area (Å²) in [4.78, 5) is 17.3. The second-order valence-corrected chi connectivity index (χ2v) is 7.63. The molecule has 2 unspecified atom stereocenters. The number of ketones is 1. The highest BCUT2D eigenvalue weighted by Gasteiger charge is 2.53. The molecule has 0 amide bonds. The van der Waals surface area contributed by atoms with Crippen LogP contribution in [0.5, 0.6) is 0 Å². The third-order valence-electron chi connectivity index (χ3n) is 4.96. The zero-order valence-corrected chi connectivity index (χ0v) is 13.9. The van der Waals surface area contributed by atoms with E-state index in [-0.39, 0.29) is 17.3 Å². The van der Waals surface area contributed by atoms with Crippen molar-refractivity contribution in [3.05, 3.63) is 0 Å². The Labute approximate surface area is 123 Å². The summed E-state index contributed by atoms with van der Waals surface area (Å²) in [7, 11) is 4.33. The Kier molecular flexibility index (Phi) is 4.30. The number of carbonyl (C=O) groups excluding carboxylic acids is 1. The van der Waals surface area contributed by atoms with Crippen LogP contribution in [0.25, 0.3) is 0 Å². The van der Waals surface area contributed by atoms with E-state index in [2.05, 4.69) is 23.9 Å². The number of hydrogen-bond acceptors (Lipinski definition) is 4. The lowest BCUT2D eigenvalue weighted by atomic mass is 9.85. The number of carbonyl (C=O) groups is 1. The second-order valence-electron chi connectivity index (χ2n) is 7.63. The molecule has 0 N–H and O–H groups in total. The van der Waals surface area contributed by atoms with Crippen LogP contribution in [0.4, 0.5) is 0 Å². The third-order valence-corrected chi connectivity index (χ3v) is 4.96. The lowest BCUT2D eigenvalue weighted by molar-refractivity contribution is -0.132. The van der Waals surface area contributed by atoms with Crippen molar-refractivity contribution in [3.63, 3.8) is 0 Å². The van der Waals surface area contributed by atoms with Gasteiger partial charge in [0.1, 0.15) is 5.60 Å². The van der Waals surface area contributed by atoms with Crippen molar-refractivity contribution < 1.29 is 9.53 Å². The van der Waals surface area contributed by atoms with E-state index < -0.39 is 5.60 Å². The van der Waals surface area contributed by atoms with Crippen LogP contribution in [0.1, 0.15) is 40.5 Å². The molecule has 116 valence electrons. The Morgan fingerprint density at radius 3 is 2.50 bits per heavy atom. The molecule has 0 radical (unpaired) electrons. The van der Waals surface area contributed by atoms with E-state index >= 15 is 0 Å². The van der Waals surface area contributed by atoms with Crippen LogP contribution < -0.4 is 0 Å². The van der Waals surface area contributed by atoms with Crippen molar-refractivity contribution in [3.8, 4) is 0 Å². The predicted molar refractivity (Wildman–Crippen MR) is 80.9 cm³/mol. The zero-order valence-electron chi connectivity index (χ0n) is 13.9. The minimum Gasteiger partial charge on any atom is -0.361 e. The third kappa shape index (κ3) is 3.07. The molecule has 2 rings (SSSR count). The van der Waals surface area contributed by atoms with Gasteiger partial charge in [0.15, 0.2) is 5.78 Å². The summed E-state index contributed by atoms with van der Waals surface area (Å²) in [5.41, 5.74) is -1.01. The molecule has 2 aliphatic rings. The molecule has 0 saturated carbocycles. The maximum Gasteiger partial charge on any atom is 0.171 e. The van der Waals surface area contributed by atoms with Crippen molar-refractivity contribution in [2.24, 2.45) is 5.92 Å². The molecule has 4 nitrogen and oxygen atoms in total. The van der Waals surface area contributed by atoms with Gasteiger partial charge in [0, 0.05) is 19.1 Å². The molecule has 4 heteroatoms. The summed E-state index contributed by atoms with van der Waals surface area (Å²) >= 11 is 0. The fourth-order valence-electron chi connectivity index (χ4n) is 3.75. The average Bonchev–Trinajstić information content (AvgIpc) is 2.47. The average molecular weight is 282 g/mol. The first-order valence-electron chi connectivity index (χ1n) is 7.77. The van der Waals surface area contributed by atoms with Gasteiger partial charge in [-0.2, -0.15) is 0 Å². The lowest BCUT2D eigenvalue weighted by Crippen LogP contribution is -2.49. The Bertz CT molecular complexity index is 379. The number of piperidine rings is 1. The van der Waals surface area contributed by atoms with Crippen molar-refractivity contribution in [2.75, 3.05) is 33.7 Å². The van der Waals surface area contributed by atoms with E-state index in [1.807, 2.05) is 27.7 Å². The maximum atomic E-state index is 12.6. The summed E-state index contributed by atoms with van der Waals surface area (Å²) in [6, 6.07) is 0.557. The van der Waals surface area contributed by atoms with E-state index in [1.165, 1.54) is 19.4 Å². The minimum atomic E-state index is -0.641. The van der Waals surface area contributed by atoms with E-state index in [9.17, 15) is 4.79 Å². The highest BCUT2D eigenvalue weighted by Crippen LogP contribution is 2.39. The van der Waals surface area contributed by atoms with Crippen LogP contribution in [0.2, 0.25) is 0 Å². The van der Waals surface area contributed by atoms with Crippen molar-refractivity contribution in [1.82, 2.24) is 9.80 Å². The first-order chi connectivity index (χ1) is 9.13. The second kappa shape index (κ2) is 5.39. The van der Waals surface area contributed by atoms with Crippen LogP contribution in [0, 0.1) is 5.92 Å². The Hall–Kier alpha value is -0.450. The summed E-state index contributed by atoms with van der Waals surface area (Å²) in [5.74, 6) is 0.216. The molecule has 2 fully saturated rings. The minimum absolute atomic E-state index is 0.0327. The van der Waals surface area contributed by atoms with Crippen molar-refractivity contribution in [2.45, 2.75) is 57.8 Å². The van der Waals surface area contributed by atoms with Gasteiger partial charge >= 0.3 is 0 Å². The van der Waals surface area contributed by atoms with Crippen molar-refractivity contribution in [1.29, 1.82) is 0 Å². The summed E-state index contributed by atoms with van der Waals surface area (Å²) in [6.45, 7) is 11.0. The predicted octanol–water partition coefficient (Wildman–Crippen LogP) is 1.79. The van der Waals surface area contributed by atoms with E-state index in [0.717, 1.165) is 13.1 Å². The summed E-state index contributed by atoms with van der Waals surface area (Å²) in [6.07, 6.45) is 2.47. The molecule has 0 spiro atoms. The number of Topliss-reactive ketones (excluding diaryl/α,β-unsaturated/α-hetero) is 1. The highest BCUT2D eigenvalue weighted by atomic mass is 16.5. The van der Waals surface area contributed by atoms with E-state index in [0.29, 0.717) is 6.04 Å². The monoisotopic (exact) mass is 282 g/mol. The molecule has 2 saturated heterocycles. The molecule has 0 aromatic heterocycles. The molecule has 2 aliphatic heterocycles. The first kappa shape index (κ1) is 15.9. The highest BCUT2D eigenvalue weighted by molar-refractivity contribution is 5.91. The van der Waals surface area contributed by atoms with Crippen LogP contribution in [0.15, 0.2) is 0 Å². The molecule has 2 heterocycles. The van der Waals surface area contributed by atoms with Crippen LogP contribution in [-0.4, -0.2) is 66.6 Å². The molecule has 0 bridgehead atoms. The van der Waals surface area contributed by atoms with Crippen molar-refractivity contribution >= 4 is 5.78 Å². The quantitative estimate of drug-likeness (QED) is 0.790. The van der Waals surface area contributed by atoms with E-state index in [4.69, 9.17) is 4.74 Å². The van der Waals surface area contributed by atoms with Gasteiger partial charge in [-0.05, 0) is 61.2 Å². The number of likely N-dealkylation sites (tertiary alicyclic amines) is 1. The standard InChI is InChI=1S/C16H30N2O2/c1-15(2)13(14(19)16(3,4)20-15)11-18(6)12-8-7-9-17(5)10-12/h12-13H,7-11H2,1-6H3.